The molecule has 1 nitrogen and oxygen atoms in total. The van der Waals surface area contributed by atoms with Gasteiger partial charge in [-0.15, -0.1) is 0 Å². The highest BCUT2D eigenvalue weighted by atomic mass is 19.1. The van der Waals surface area contributed by atoms with Gasteiger partial charge in [-0.3, -0.25) is 0 Å². The Balaban J connectivity index is 1.78. The molecule has 0 aromatic heterocycles. The van der Waals surface area contributed by atoms with E-state index in [1.54, 1.807) is 12.1 Å². The molecule has 4 rings (SSSR count). The van der Waals surface area contributed by atoms with Gasteiger partial charge >= 0.3 is 0 Å². The average Bonchev–Trinajstić information content (AvgIpc) is 2.97. The summed E-state index contributed by atoms with van der Waals surface area (Å²) in [7, 11) is 0. The maximum atomic E-state index is 13.5. The monoisotopic (exact) mass is 283 g/mol. The van der Waals surface area contributed by atoms with Gasteiger partial charge in [0.1, 0.15) is 11.6 Å². The summed E-state index contributed by atoms with van der Waals surface area (Å²) in [6.07, 6.45) is 5.28. The van der Waals surface area contributed by atoms with Crippen LogP contribution in [-0.2, 0) is 0 Å². The van der Waals surface area contributed by atoms with Gasteiger partial charge in [0.25, 0.3) is 0 Å². The van der Waals surface area contributed by atoms with Crippen molar-refractivity contribution in [2.75, 3.05) is 5.32 Å². The Bertz CT molecular complexity index is 706. The molecule has 1 aliphatic heterocycles. The Morgan fingerprint density at radius 2 is 1.71 bits per heavy atom. The first-order chi connectivity index (χ1) is 10.2. The number of nitrogens with one attached hydrogen (secondary N) is 1. The van der Waals surface area contributed by atoms with Crippen molar-refractivity contribution in [2.45, 2.75) is 18.4 Å². The highest BCUT2D eigenvalue weighted by Crippen LogP contribution is 2.49. The van der Waals surface area contributed by atoms with Crippen molar-refractivity contribution in [3.05, 3.63) is 77.4 Å². The van der Waals surface area contributed by atoms with Crippen LogP contribution in [0.3, 0.4) is 0 Å². The van der Waals surface area contributed by atoms with Crippen LogP contribution >= 0.6 is 0 Å². The lowest BCUT2D eigenvalue weighted by molar-refractivity contribution is 0.423. The van der Waals surface area contributed by atoms with E-state index in [1.807, 2.05) is 12.1 Å². The summed E-state index contributed by atoms with van der Waals surface area (Å²) in [4.78, 5) is 0. The zero-order valence-corrected chi connectivity index (χ0v) is 11.4. The van der Waals surface area contributed by atoms with Gasteiger partial charge in [-0.25, -0.2) is 8.78 Å². The number of allylic oxidation sites excluding steroid dienone is 2. The standard InChI is InChI=1S/C18H15F2N/c19-12-6-4-11(5-7-12)18-15-3-1-2-14(15)16-10-13(20)8-9-17(16)21-18/h1-2,4-10,14-15,18,21H,3H2/t14-,15-,18+/m1/s1. The van der Waals surface area contributed by atoms with Gasteiger partial charge in [0.05, 0.1) is 6.04 Å². The fourth-order valence-corrected chi connectivity index (χ4v) is 3.57. The predicted molar refractivity (Wildman–Crippen MR) is 79.2 cm³/mol. The summed E-state index contributed by atoms with van der Waals surface area (Å²) < 4.78 is 26.7. The molecule has 1 N–H and O–H groups in total. The molecular weight excluding hydrogens is 268 g/mol. The Labute approximate surface area is 122 Å². The molecule has 2 aromatic rings. The van der Waals surface area contributed by atoms with Crippen LogP contribution in [0.25, 0.3) is 0 Å². The van der Waals surface area contributed by atoms with Crippen LogP contribution in [0.1, 0.15) is 29.5 Å². The molecule has 0 spiro atoms. The number of anilines is 1. The molecular formula is C18H15F2N. The van der Waals surface area contributed by atoms with Crippen molar-refractivity contribution >= 4 is 5.69 Å². The van der Waals surface area contributed by atoms with Crippen LogP contribution in [-0.4, -0.2) is 0 Å². The van der Waals surface area contributed by atoms with Crippen LogP contribution in [0.5, 0.6) is 0 Å². The van der Waals surface area contributed by atoms with Gasteiger partial charge in [-0.05, 0) is 53.8 Å². The topological polar surface area (TPSA) is 12.0 Å². The fourth-order valence-electron chi connectivity index (χ4n) is 3.57. The second-order valence-corrected chi connectivity index (χ2v) is 5.76. The van der Waals surface area contributed by atoms with E-state index in [1.165, 1.54) is 18.2 Å². The zero-order valence-electron chi connectivity index (χ0n) is 11.4. The van der Waals surface area contributed by atoms with Crippen molar-refractivity contribution in [3.63, 3.8) is 0 Å². The van der Waals surface area contributed by atoms with Crippen molar-refractivity contribution in [1.29, 1.82) is 0 Å². The first-order valence-electron chi connectivity index (χ1n) is 7.20. The molecule has 106 valence electrons. The largest absolute Gasteiger partial charge is 0.378 e. The molecule has 0 amide bonds. The Kier molecular flexibility index (Phi) is 2.81. The lowest BCUT2D eigenvalue weighted by Gasteiger charge is -2.37. The summed E-state index contributed by atoms with van der Waals surface area (Å²) in [5.74, 6) is 0.157. The third-order valence-electron chi connectivity index (χ3n) is 4.55. The van der Waals surface area contributed by atoms with Crippen LogP contribution in [0, 0.1) is 17.6 Å². The number of rotatable bonds is 1. The van der Waals surface area contributed by atoms with E-state index < -0.39 is 0 Å². The second-order valence-electron chi connectivity index (χ2n) is 5.76. The van der Waals surface area contributed by atoms with E-state index in [0.29, 0.717) is 5.92 Å². The number of halogens is 2. The van der Waals surface area contributed by atoms with Gasteiger partial charge in [-0.1, -0.05) is 24.3 Å². The zero-order chi connectivity index (χ0) is 14.4. The quantitative estimate of drug-likeness (QED) is 0.742. The minimum absolute atomic E-state index is 0.128. The van der Waals surface area contributed by atoms with E-state index in [0.717, 1.165) is 23.2 Å². The molecule has 3 atom stereocenters. The third-order valence-corrected chi connectivity index (χ3v) is 4.55. The van der Waals surface area contributed by atoms with Gasteiger partial charge in [-0.2, -0.15) is 0 Å². The number of hydrogen-bond acceptors (Lipinski definition) is 1. The van der Waals surface area contributed by atoms with Gasteiger partial charge in [0.2, 0.25) is 0 Å². The Morgan fingerprint density at radius 1 is 0.952 bits per heavy atom. The molecule has 0 unspecified atom stereocenters. The SMILES string of the molecule is Fc1ccc([C@@H]2Nc3ccc(F)cc3[C@@H]3C=CC[C@H]32)cc1. The molecule has 2 aliphatic rings. The molecule has 3 heteroatoms. The highest BCUT2D eigenvalue weighted by Gasteiger charge is 2.37. The third kappa shape index (κ3) is 2.04. The number of fused-ring (bicyclic) bond motifs is 3. The van der Waals surface area contributed by atoms with E-state index in [4.69, 9.17) is 0 Å². The minimum Gasteiger partial charge on any atom is -0.378 e. The first-order valence-corrected chi connectivity index (χ1v) is 7.20. The molecule has 2 aromatic carbocycles. The van der Waals surface area contributed by atoms with E-state index >= 15 is 0 Å². The predicted octanol–water partition coefficient (Wildman–Crippen LogP) is 4.79. The van der Waals surface area contributed by atoms with Crippen LogP contribution < -0.4 is 5.32 Å². The first kappa shape index (κ1) is 12.6. The minimum atomic E-state index is -0.224. The number of benzene rings is 2. The molecule has 1 heterocycles. The normalized spacial score (nSPS) is 26.1. The molecule has 21 heavy (non-hydrogen) atoms. The lowest BCUT2D eigenvalue weighted by atomic mass is 9.77. The van der Waals surface area contributed by atoms with Crippen molar-refractivity contribution < 1.29 is 8.78 Å². The van der Waals surface area contributed by atoms with Gasteiger partial charge < -0.3 is 5.32 Å². The molecule has 1 aliphatic carbocycles. The summed E-state index contributed by atoms with van der Waals surface area (Å²) in [6.45, 7) is 0. The Hall–Kier alpha value is -2.16. The van der Waals surface area contributed by atoms with Crippen LogP contribution in [0.15, 0.2) is 54.6 Å². The van der Waals surface area contributed by atoms with Crippen molar-refractivity contribution in [2.24, 2.45) is 5.92 Å². The second kappa shape index (κ2) is 4.69. The molecule has 0 radical (unpaired) electrons. The van der Waals surface area contributed by atoms with Gasteiger partial charge in [0.15, 0.2) is 0 Å². The summed E-state index contributed by atoms with van der Waals surface area (Å²) in [6, 6.07) is 11.7. The molecule has 0 saturated heterocycles. The fraction of sp³-hybridized carbons (Fsp3) is 0.222. The van der Waals surface area contributed by atoms with E-state index in [9.17, 15) is 8.78 Å². The molecule has 0 saturated carbocycles. The van der Waals surface area contributed by atoms with Crippen molar-refractivity contribution in [1.82, 2.24) is 0 Å². The van der Waals surface area contributed by atoms with Gasteiger partial charge in [0, 0.05) is 11.6 Å². The summed E-state index contributed by atoms with van der Waals surface area (Å²) in [5, 5.41) is 3.50. The average molecular weight is 283 g/mol. The van der Waals surface area contributed by atoms with Crippen LogP contribution in [0.4, 0.5) is 14.5 Å². The summed E-state index contributed by atoms with van der Waals surface area (Å²) >= 11 is 0. The van der Waals surface area contributed by atoms with E-state index in [-0.39, 0.29) is 23.6 Å². The van der Waals surface area contributed by atoms with E-state index in [2.05, 4.69) is 17.5 Å². The van der Waals surface area contributed by atoms with Crippen LogP contribution in [0.2, 0.25) is 0 Å². The molecule has 0 fully saturated rings. The Morgan fingerprint density at radius 3 is 2.52 bits per heavy atom. The van der Waals surface area contributed by atoms with Crippen molar-refractivity contribution in [3.8, 4) is 0 Å². The maximum absolute atomic E-state index is 13.5. The smallest absolute Gasteiger partial charge is 0.123 e. The highest BCUT2D eigenvalue weighted by molar-refractivity contribution is 5.59. The lowest BCUT2D eigenvalue weighted by Crippen LogP contribution is -2.29. The number of hydrogen-bond donors (Lipinski definition) is 1. The maximum Gasteiger partial charge on any atom is 0.123 e. The molecule has 0 bridgehead atoms. The summed E-state index contributed by atoms with van der Waals surface area (Å²) in [5.41, 5.74) is 3.07.